The summed E-state index contributed by atoms with van der Waals surface area (Å²) >= 11 is 0. The predicted octanol–water partition coefficient (Wildman–Crippen LogP) is 5.68. The SMILES string of the molecule is CCn1nnc2c(F)c([C@H](CC(=O)O)c3ccc(C)c(CN4Cc5ccccc5OC(C)(C)C4)c3)ccc21. The quantitative estimate of drug-likeness (QED) is 0.341. The van der Waals surface area contributed by atoms with Crippen molar-refractivity contribution < 1.29 is 19.0 Å². The monoisotopic (exact) mass is 516 g/mol. The van der Waals surface area contributed by atoms with Gasteiger partial charge in [0.2, 0.25) is 0 Å². The summed E-state index contributed by atoms with van der Waals surface area (Å²) in [6, 6.07) is 17.5. The number of carbonyl (C=O) groups is 1. The third-order valence-corrected chi connectivity index (χ3v) is 7.24. The van der Waals surface area contributed by atoms with Crippen LogP contribution in [0.25, 0.3) is 11.0 Å². The summed E-state index contributed by atoms with van der Waals surface area (Å²) in [6.45, 7) is 10.8. The Kier molecular flexibility index (Phi) is 6.92. The molecule has 1 aliphatic rings. The number of aliphatic carboxylic acids is 1. The zero-order valence-corrected chi connectivity index (χ0v) is 22.2. The fourth-order valence-electron chi connectivity index (χ4n) is 5.44. The molecule has 0 saturated heterocycles. The minimum Gasteiger partial charge on any atom is -0.486 e. The summed E-state index contributed by atoms with van der Waals surface area (Å²) in [5.41, 5.74) is 4.77. The number of hydrogen-bond acceptors (Lipinski definition) is 5. The molecule has 0 spiro atoms. The number of para-hydroxylation sites is 1. The van der Waals surface area contributed by atoms with Gasteiger partial charge in [-0.2, -0.15) is 0 Å². The molecule has 0 saturated carbocycles. The zero-order chi connectivity index (χ0) is 27.0. The summed E-state index contributed by atoms with van der Waals surface area (Å²) in [6.07, 6.45) is -0.231. The Bertz CT molecular complexity index is 1500. The second-order valence-corrected chi connectivity index (χ2v) is 10.7. The predicted molar refractivity (Wildman–Crippen MR) is 144 cm³/mol. The molecule has 2 heterocycles. The number of halogens is 1. The molecule has 38 heavy (non-hydrogen) atoms. The van der Waals surface area contributed by atoms with E-state index in [9.17, 15) is 9.90 Å². The van der Waals surface area contributed by atoms with Crippen molar-refractivity contribution in [3.8, 4) is 5.75 Å². The summed E-state index contributed by atoms with van der Waals surface area (Å²) in [5.74, 6) is -1.26. The number of aryl methyl sites for hydroxylation is 2. The molecule has 8 heteroatoms. The second kappa shape index (κ2) is 10.2. The fraction of sp³-hybridized carbons (Fsp3) is 0.367. The van der Waals surface area contributed by atoms with E-state index in [0.717, 1.165) is 41.1 Å². The number of rotatable bonds is 7. The van der Waals surface area contributed by atoms with Gasteiger partial charge in [-0.1, -0.05) is 47.7 Å². The van der Waals surface area contributed by atoms with Gasteiger partial charge in [0.1, 0.15) is 16.9 Å². The van der Waals surface area contributed by atoms with Crippen molar-refractivity contribution >= 4 is 17.0 Å². The first-order valence-corrected chi connectivity index (χ1v) is 13.0. The molecule has 0 bridgehead atoms. The highest BCUT2D eigenvalue weighted by Gasteiger charge is 2.30. The molecule has 5 rings (SSSR count). The van der Waals surface area contributed by atoms with Gasteiger partial charge in [0.25, 0.3) is 0 Å². The highest BCUT2D eigenvalue weighted by atomic mass is 19.1. The van der Waals surface area contributed by atoms with Crippen LogP contribution in [-0.4, -0.2) is 43.1 Å². The lowest BCUT2D eigenvalue weighted by Gasteiger charge is -2.30. The second-order valence-electron chi connectivity index (χ2n) is 10.7. The lowest BCUT2D eigenvalue weighted by atomic mass is 9.86. The molecule has 0 unspecified atom stereocenters. The standard InChI is InChI=1S/C30H33FN4O3/c1-5-35-25-13-12-23(28(31)29(25)32-33-35)24(15-27(36)37)20-11-10-19(2)22(14-20)17-34-16-21-8-6-7-9-26(21)38-30(3,4)18-34/h6-14,24H,5,15-18H2,1-4H3,(H,36,37)/t24-/m1/s1. The first-order chi connectivity index (χ1) is 18.1. The first-order valence-electron chi connectivity index (χ1n) is 13.0. The third-order valence-electron chi connectivity index (χ3n) is 7.24. The molecule has 7 nitrogen and oxygen atoms in total. The van der Waals surface area contributed by atoms with Crippen molar-refractivity contribution in [1.82, 2.24) is 19.9 Å². The van der Waals surface area contributed by atoms with E-state index in [4.69, 9.17) is 4.74 Å². The maximum atomic E-state index is 15.7. The fourth-order valence-corrected chi connectivity index (χ4v) is 5.44. The largest absolute Gasteiger partial charge is 0.486 e. The Balaban J connectivity index is 1.51. The van der Waals surface area contributed by atoms with Crippen molar-refractivity contribution in [3.05, 3.63) is 88.2 Å². The number of carboxylic acid groups (broad SMARTS) is 1. The highest BCUT2D eigenvalue weighted by Crippen LogP contribution is 2.35. The Morgan fingerprint density at radius 1 is 1.18 bits per heavy atom. The van der Waals surface area contributed by atoms with Gasteiger partial charge >= 0.3 is 5.97 Å². The summed E-state index contributed by atoms with van der Waals surface area (Å²) in [5, 5.41) is 17.8. The van der Waals surface area contributed by atoms with Crippen molar-refractivity contribution in [2.45, 2.75) is 65.3 Å². The molecular formula is C30H33FN4O3. The third kappa shape index (κ3) is 5.13. The van der Waals surface area contributed by atoms with E-state index < -0.39 is 17.7 Å². The van der Waals surface area contributed by atoms with E-state index in [1.54, 1.807) is 16.8 Å². The van der Waals surface area contributed by atoms with Gasteiger partial charge in [-0.25, -0.2) is 9.07 Å². The smallest absolute Gasteiger partial charge is 0.304 e. The number of fused-ring (bicyclic) bond motifs is 2. The molecule has 1 aliphatic heterocycles. The Morgan fingerprint density at radius 3 is 2.74 bits per heavy atom. The van der Waals surface area contributed by atoms with Crippen LogP contribution in [0.2, 0.25) is 0 Å². The molecule has 1 atom stereocenters. The van der Waals surface area contributed by atoms with Crippen LogP contribution in [0.1, 0.15) is 60.9 Å². The maximum absolute atomic E-state index is 15.7. The Hall–Kier alpha value is -3.78. The van der Waals surface area contributed by atoms with Crippen LogP contribution in [0.15, 0.2) is 54.6 Å². The Morgan fingerprint density at radius 2 is 1.97 bits per heavy atom. The van der Waals surface area contributed by atoms with Crippen LogP contribution in [0.3, 0.4) is 0 Å². The van der Waals surface area contributed by atoms with E-state index in [1.807, 2.05) is 43.3 Å². The number of hydrogen-bond donors (Lipinski definition) is 1. The van der Waals surface area contributed by atoms with Crippen LogP contribution in [-0.2, 0) is 24.4 Å². The van der Waals surface area contributed by atoms with Crippen molar-refractivity contribution in [2.24, 2.45) is 0 Å². The summed E-state index contributed by atoms with van der Waals surface area (Å²) in [4.78, 5) is 14.2. The number of carboxylic acids is 1. The number of ether oxygens (including phenoxy) is 1. The first kappa shape index (κ1) is 25.9. The molecule has 0 amide bonds. The van der Waals surface area contributed by atoms with E-state index in [1.165, 1.54) is 0 Å². The normalized spacial score (nSPS) is 16.0. The average Bonchev–Trinajstić information content (AvgIpc) is 3.23. The lowest BCUT2D eigenvalue weighted by Crippen LogP contribution is -2.40. The summed E-state index contributed by atoms with van der Waals surface area (Å²) < 4.78 is 23.6. The number of nitrogens with zero attached hydrogens (tertiary/aromatic N) is 4. The molecule has 1 aromatic heterocycles. The van der Waals surface area contributed by atoms with Gasteiger partial charge in [0, 0.05) is 37.7 Å². The molecule has 1 N–H and O–H groups in total. The number of benzene rings is 3. The van der Waals surface area contributed by atoms with Crippen LogP contribution in [0, 0.1) is 12.7 Å². The van der Waals surface area contributed by atoms with Gasteiger partial charge in [0.15, 0.2) is 5.82 Å². The molecular weight excluding hydrogens is 483 g/mol. The van der Waals surface area contributed by atoms with Crippen LogP contribution in [0.4, 0.5) is 4.39 Å². The van der Waals surface area contributed by atoms with Crippen molar-refractivity contribution in [2.75, 3.05) is 6.54 Å². The number of aromatic nitrogens is 3. The van der Waals surface area contributed by atoms with Gasteiger partial charge < -0.3 is 9.84 Å². The van der Waals surface area contributed by atoms with E-state index >= 15 is 4.39 Å². The Labute approximate surface area is 221 Å². The zero-order valence-electron chi connectivity index (χ0n) is 22.2. The van der Waals surface area contributed by atoms with Crippen LogP contribution < -0.4 is 4.74 Å². The molecule has 0 fully saturated rings. The van der Waals surface area contributed by atoms with Crippen LogP contribution in [0.5, 0.6) is 5.75 Å². The van der Waals surface area contributed by atoms with Crippen LogP contribution >= 0.6 is 0 Å². The minimum atomic E-state index is -0.989. The van der Waals surface area contributed by atoms with Crippen molar-refractivity contribution in [1.29, 1.82) is 0 Å². The molecule has 0 radical (unpaired) electrons. The minimum absolute atomic E-state index is 0.164. The van der Waals surface area contributed by atoms with Gasteiger partial charge in [-0.05, 0) is 62.1 Å². The summed E-state index contributed by atoms with van der Waals surface area (Å²) in [7, 11) is 0. The molecule has 198 valence electrons. The highest BCUT2D eigenvalue weighted by molar-refractivity contribution is 5.77. The maximum Gasteiger partial charge on any atom is 0.304 e. The van der Waals surface area contributed by atoms with E-state index in [-0.39, 0.29) is 17.5 Å². The topological polar surface area (TPSA) is 80.5 Å². The van der Waals surface area contributed by atoms with Gasteiger partial charge in [0.05, 0.1) is 11.9 Å². The molecule has 3 aromatic carbocycles. The van der Waals surface area contributed by atoms with E-state index in [0.29, 0.717) is 24.2 Å². The van der Waals surface area contributed by atoms with Gasteiger partial charge in [-0.15, -0.1) is 5.10 Å². The van der Waals surface area contributed by atoms with E-state index in [2.05, 4.69) is 42.0 Å². The lowest BCUT2D eigenvalue weighted by molar-refractivity contribution is -0.137. The average molecular weight is 517 g/mol. The molecule has 0 aliphatic carbocycles. The molecule has 4 aromatic rings. The van der Waals surface area contributed by atoms with Crippen molar-refractivity contribution in [3.63, 3.8) is 0 Å². The van der Waals surface area contributed by atoms with Gasteiger partial charge in [-0.3, -0.25) is 9.69 Å².